The molecule has 0 fully saturated rings. The van der Waals surface area contributed by atoms with E-state index >= 15 is 0 Å². The van der Waals surface area contributed by atoms with E-state index in [4.69, 9.17) is 9.68 Å². The van der Waals surface area contributed by atoms with E-state index in [1.165, 1.54) is 11.3 Å². The van der Waals surface area contributed by atoms with Gasteiger partial charge in [0, 0.05) is 0 Å². The van der Waals surface area contributed by atoms with E-state index in [1.807, 2.05) is 24.3 Å². The molecule has 4 nitrogen and oxygen atoms in total. The summed E-state index contributed by atoms with van der Waals surface area (Å²) in [6.45, 7) is 0. The number of rotatable bonds is 2. The van der Waals surface area contributed by atoms with Crippen LogP contribution < -0.4 is 0 Å². The van der Waals surface area contributed by atoms with Crippen LogP contribution in [0.25, 0.3) is 21.0 Å². The molecule has 2 aromatic heterocycles. The maximum Gasteiger partial charge on any atom is 0.198 e. The van der Waals surface area contributed by atoms with E-state index in [0.29, 0.717) is 5.76 Å². The number of benzene rings is 1. The number of nitriles is 1. The molecule has 1 atom stereocenters. The SMILES string of the molecule is N#CC(O)c1ccc(-c2nc3ccccc3s2)o1. The number of hydrogen-bond acceptors (Lipinski definition) is 5. The molecule has 0 saturated heterocycles. The van der Waals surface area contributed by atoms with Crippen LogP contribution in [0.5, 0.6) is 0 Å². The molecule has 0 aliphatic heterocycles. The van der Waals surface area contributed by atoms with Crippen molar-refractivity contribution in [1.82, 2.24) is 4.98 Å². The molecule has 1 unspecified atom stereocenters. The van der Waals surface area contributed by atoms with E-state index in [0.717, 1.165) is 15.2 Å². The number of nitrogens with zero attached hydrogens (tertiary/aromatic N) is 2. The summed E-state index contributed by atoms with van der Waals surface area (Å²) in [4.78, 5) is 4.44. The summed E-state index contributed by atoms with van der Waals surface area (Å²) in [7, 11) is 0. The predicted octanol–water partition coefficient (Wildman–Crippen LogP) is 3.11. The Balaban J connectivity index is 2.04. The second-order valence-electron chi connectivity index (χ2n) is 3.72. The van der Waals surface area contributed by atoms with Crippen LogP contribution in [0.4, 0.5) is 0 Å². The van der Waals surface area contributed by atoms with Gasteiger partial charge in [0.1, 0.15) is 11.8 Å². The van der Waals surface area contributed by atoms with Gasteiger partial charge in [-0.25, -0.2) is 4.98 Å². The third-order valence-corrected chi connectivity index (χ3v) is 3.57. The summed E-state index contributed by atoms with van der Waals surface area (Å²) in [6, 6.07) is 12.8. The number of furan rings is 1. The van der Waals surface area contributed by atoms with Gasteiger partial charge >= 0.3 is 0 Å². The van der Waals surface area contributed by atoms with Crippen LogP contribution in [-0.4, -0.2) is 10.1 Å². The third-order valence-electron chi connectivity index (χ3n) is 2.52. The molecular weight excluding hydrogens is 248 g/mol. The highest BCUT2D eigenvalue weighted by molar-refractivity contribution is 7.21. The average Bonchev–Trinajstić information content (AvgIpc) is 3.03. The van der Waals surface area contributed by atoms with Crippen molar-refractivity contribution in [2.45, 2.75) is 6.10 Å². The van der Waals surface area contributed by atoms with Crippen molar-refractivity contribution in [3.05, 3.63) is 42.2 Å². The molecule has 88 valence electrons. The molecule has 3 rings (SSSR count). The van der Waals surface area contributed by atoms with E-state index < -0.39 is 6.10 Å². The smallest absolute Gasteiger partial charge is 0.198 e. The lowest BCUT2D eigenvalue weighted by Crippen LogP contribution is -1.88. The van der Waals surface area contributed by atoms with Crippen LogP contribution in [0.2, 0.25) is 0 Å². The van der Waals surface area contributed by atoms with Crippen LogP contribution in [0, 0.1) is 11.3 Å². The third kappa shape index (κ3) is 1.78. The predicted molar refractivity (Wildman–Crippen MR) is 67.9 cm³/mol. The first-order valence-corrected chi connectivity index (χ1v) is 6.13. The Labute approximate surface area is 107 Å². The van der Waals surface area contributed by atoms with Crippen LogP contribution in [0.15, 0.2) is 40.8 Å². The Hall–Kier alpha value is -2.16. The van der Waals surface area contributed by atoms with Gasteiger partial charge in [0.2, 0.25) is 0 Å². The van der Waals surface area contributed by atoms with Gasteiger partial charge in [-0.1, -0.05) is 12.1 Å². The second kappa shape index (κ2) is 4.26. The fraction of sp³-hybridized carbons (Fsp3) is 0.0769. The largest absolute Gasteiger partial charge is 0.455 e. The monoisotopic (exact) mass is 256 g/mol. The van der Waals surface area contributed by atoms with E-state index in [-0.39, 0.29) is 5.76 Å². The summed E-state index contributed by atoms with van der Waals surface area (Å²) in [5.74, 6) is 0.812. The Morgan fingerprint density at radius 1 is 1.28 bits per heavy atom. The van der Waals surface area contributed by atoms with Crippen LogP contribution in [0.1, 0.15) is 11.9 Å². The molecule has 5 heteroatoms. The summed E-state index contributed by atoms with van der Waals surface area (Å²) < 4.78 is 6.50. The number of hydrogen-bond donors (Lipinski definition) is 1. The number of fused-ring (bicyclic) bond motifs is 1. The van der Waals surface area contributed by atoms with Crippen molar-refractivity contribution in [2.75, 3.05) is 0 Å². The number of aromatic nitrogens is 1. The Bertz CT molecular complexity index is 706. The Morgan fingerprint density at radius 3 is 2.89 bits per heavy atom. The maximum absolute atomic E-state index is 9.36. The molecule has 0 bridgehead atoms. The average molecular weight is 256 g/mol. The molecular formula is C13H8N2O2S. The zero-order valence-electron chi connectivity index (χ0n) is 9.20. The minimum atomic E-state index is -1.23. The minimum Gasteiger partial charge on any atom is -0.455 e. The van der Waals surface area contributed by atoms with Crippen molar-refractivity contribution < 1.29 is 9.52 Å². The van der Waals surface area contributed by atoms with Gasteiger partial charge in [0.25, 0.3) is 0 Å². The lowest BCUT2D eigenvalue weighted by molar-refractivity contribution is 0.205. The van der Waals surface area contributed by atoms with Gasteiger partial charge in [-0.2, -0.15) is 5.26 Å². The minimum absolute atomic E-state index is 0.242. The molecule has 3 aromatic rings. The van der Waals surface area contributed by atoms with Crippen molar-refractivity contribution in [1.29, 1.82) is 5.26 Å². The molecule has 18 heavy (non-hydrogen) atoms. The first-order chi connectivity index (χ1) is 8.78. The van der Waals surface area contributed by atoms with Crippen molar-refractivity contribution >= 4 is 21.6 Å². The van der Waals surface area contributed by atoms with Gasteiger partial charge in [-0.15, -0.1) is 11.3 Å². The standard InChI is InChI=1S/C13H8N2O2S/c14-7-9(16)10-5-6-11(17-10)13-15-8-3-1-2-4-12(8)18-13/h1-6,9,16H. The topological polar surface area (TPSA) is 70.0 Å². The molecule has 2 heterocycles. The molecule has 0 radical (unpaired) electrons. The quantitative estimate of drug-likeness (QED) is 0.715. The number of aliphatic hydroxyl groups is 1. The number of aliphatic hydroxyl groups excluding tert-OH is 1. The van der Waals surface area contributed by atoms with Gasteiger partial charge in [0.05, 0.1) is 10.2 Å². The first-order valence-electron chi connectivity index (χ1n) is 5.31. The molecule has 0 aliphatic rings. The molecule has 0 spiro atoms. The molecule has 1 aromatic carbocycles. The second-order valence-corrected chi connectivity index (χ2v) is 4.75. The molecule has 1 N–H and O–H groups in total. The fourth-order valence-corrected chi connectivity index (χ4v) is 2.58. The van der Waals surface area contributed by atoms with E-state index in [2.05, 4.69) is 4.98 Å². The van der Waals surface area contributed by atoms with Crippen molar-refractivity contribution in [3.63, 3.8) is 0 Å². The van der Waals surface area contributed by atoms with E-state index in [9.17, 15) is 5.11 Å². The highest BCUT2D eigenvalue weighted by atomic mass is 32.1. The van der Waals surface area contributed by atoms with Gasteiger partial charge in [-0.05, 0) is 24.3 Å². The molecule has 0 aliphatic carbocycles. The van der Waals surface area contributed by atoms with Crippen LogP contribution in [-0.2, 0) is 0 Å². The summed E-state index contributed by atoms with van der Waals surface area (Å²) >= 11 is 1.51. The van der Waals surface area contributed by atoms with Crippen molar-refractivity contribution in [2.24, 2.45) is 0 Å². The highest BCUT2D eigenvalue weighted by Gasteiger charge is 2.14. The Kier molecular flexibility index (Phi) is 2.59. The zero-order valence-corrected chi connectivity index (χ0v) is 10.0. The van der Waals surface area contributed by atoms with E-state index in [1.54, 1.807) is 18.2 Å². The molecule has 0 amide bonds. The van der Waals surface area contributed by atoms with Crippen LogP contribution in [0.3, 0.4) is 0 Å². The number of para-hydroxylation sites is 1. The normalized spacial score (nSPS) is 12.4. The Morgan fingerprint density at radius 2 is 2.11 bits per heavy atom. The zero-order chi connectivity index (χ0) is 12.5. The fourth-order valence-electron chi connectivity index (χ4n) is 1.66. The summed E-state index contributed by atoms with van der Waals surface area (Å²) in [5.41, 5.74) is 0.913. The summed E-state index contributed by atoms with van der Waals surface area (Å²) in [5, 5.41) is 18.7. The van der Waals surface area contributed by atoms with Gasteiger partial charge < -0.3 is 9.52 Å². The lowest BCUT2D eigenvalue weighted by Gasteiger charge is -1.94. The van der Waals surface area contributed by atoms with Crippen molar-refractivity contribution in [3.8, 4) is 16.8 Å². The first kappa shape index (κ1) is 11.0. The lowest BCUT2D eigenvalue weighted by atomic mass is 10.3. The van der Waals surface area contributed by atoms with Gasteiger partial charge in [-0.3, -0.25) is 0 Å². The highest BCUT2D eigenvalue weighted by Crippen LogP contribution is 2.32. The maximum atomic E-state index is 9.36. The summed E-state index contributed by atoms with van der Waals surface area (Å²) in [6.07, 6.45) is -1.23. The van der Waals surface area contributed by atoms with Gasteiger partial charge in [0.15, 0.2) is 16.9 Å². The van der Waals surface area contributed by atoms with Crippen LogP contribution >= 0.6 is 11.3 Å². The molecule has 0 saturated carbocycles. The number of thiazole rings is 1.